The van der Waals surface area contributed by atoms with Gasteiger partial charge in [0.25, 0.3) is 0 Å². The highest BCUT2D eigenvalue weighted by Crippen LogP contribution is 2.55. The van der Waals surface area contributed by atoms with E-state index in [1.54, 1.807) is 6.07 Å². The average Bonchev–Trinajstić information content (AvgIpc) is 3.23. The molecule has 206 valence electrons. The van der Waals surface area contributed by atoms with Crippen LogP contribution in [0.15, 0.2) is 42.5 Å². The standard InChI is InChI=1S/C32H37Cl3N4/c1-20-29(36-39(30-7-6-27(34)19-28(30)35)31(20)23-2-4-26(33)5-3-23)8-9-37-10-12-38(13-11-37)32-24-15-21-14-22(17-24)18-25(32)16-21/h2-7,19,21-22,24-25,32H,8-18H2,1H3/t21-,22+,24-,25+,32?. The SMILES string of the molecule is Cc1c(CCN2CCN(C3[C@H]4C[C@@H]5C[C@@H](C[C@H]3C5)C4)CC2)nn(-c2ccc(Cl)cc2Cl)c1-c1ccc(Cl)cc1. The van der Waals surface area contributed by atoms with Crippen molar-refractivity contribution in [2.75, 3.05) is 32.7 Å². The number of aromatic nitrogens is 2. The number of hydrogen-bond donors (Lipinski definition) is 0. The summed E-state index contributed by atoms with van der Waals surface area (Å²) in [5.41, 5.74) is 5.28. The van der Waals surface area contributed by atoms with Crippen molar-refractivity contribution in [2.45, 2.75) is 51.5 Å². The van der Waals surface area contributed by atoms with E-state index in [2.05, 4.69) is 28.9 Å². The molecule has 1 aliphatic heterocycles. The Hall–Kier alpha value is -1.56. The molecule has 0 spiro atoms. The first-order valence-electron chi connectivity index (χ1n) is 14.7. The van der Waals surface area contributed by atoms with Gasteiger partial charge in [-0.15, -0.1) is 0 Å². The number of hydrogen-bond acceptors (Lipinski definition) is 3. The Kier molecular flexibility index (Phi) is 7.22. The molecule has 7 heteroatoms. The van der Waals surface area contributed by atoms with E-state index < -0.39 is 0 Å². The Labute approximate surface area is 247 Å². The number of nitrogens with zero attached hydrogens (tertiary/aromatic N) is 4. The second-order valence-corrected chi connectivity index (χ2v) is 13.8. The normalized spacial score (nSPS) is 28.9. The molecule has 2 aromatic carbocycles. The van der Waals surface area contributed by atoms with Crippen LogP contribution in [0.1, 0.15) is 43.4 Å². The van der Waals surface area contributed by atoms with Crippen LogP contribution in [0.25, 0.3) is 16.9 Å². The number of piperazine rings is 1. The molecular weight excluding hydrogens is 547 g/mol. The summed E-state index contributed by atoms with van der Waals surface area (Å²) < 4.78 is 1.98. The van der Waals surface area contributed by atoms with Crippen LogP contribution >= 0.6 is 34.8 Å². The fourth-order valence-electron chi connectivity index (χ4n) is 8.59. The van der Waals surface area contributed by atoms with Crippen LogP contribution in [0, 0.1) is 30.6 Å². The molecule has 1 aromatic heterocycles. The van der Waals surface area contributed by atoms with Gasteiger partial charge in [0, 0.05) is 60.8 Å². The Morgan fingerprint density at radius 2 is 1.44 bits per heavy atom. The average molecular weight is 584 g/mol. The van der Waals surface area contributed by atoms with E-state index in [0.717, 1.165) is 83.4 Å². The van der Waals surface area contributed by atoms with Gasteiger partial charge in [0.2, 0.25) is 0 Å². The zero-order chi connectivity index (χ0) is 26.7. The third-order valence-electron chi connectivity index (χ3n) is 10.1. The lowest BCUT2D eigenvalue weighted by Crippen LogP contribution is -2.60. The van der Waals surface area contributed by atoms with Gasteiger partial charge in [0.05, 0.1) is 22.1 Å². The molecule has 4 bridgehead atoms. The van der Waals surface area contributed by atoms with Crippen LogP contribution in [0.2, 0.25) is 15.1 Å². The van der Waals surface area contributed by atoms with Crippen LogP contribution < -0.4 is 0 Å². The van der Waals surface area contributed by atoms with Gasteiger partial charge in [-0.2, -0.15) is 5.10 Å². The van der Waals surface area contributed by atoms with Gasteiger partial charge < -0.3 is 4.90 Å². The van der Waals surface area contributed by atoms with Crippen molar-refractivity contribution in [1.29, 1.82) is 0 Å². The first-order valence-corrected chi connectivity index (χ1v) is 15.8. The molecule has 1 saturated heterocycles. The minimum absolute atomic E-state index is 0.590. The van der Waals surface area contributed by atoms with Gasteiger partial charge in [0.1, 0.15) is 0 Å². The Balaban J connectivity index is 1.06. The maximum Gasteiger partial charge on any atom is 0.0840 e. The molecule has 39 heavy (non-hydrogen) atoms. The van der Waals surface area contributed by atoms with E-state index >= 15 is 0 Å². The summed E-state index contributed by atoms with van der Waals surface area (Å²) in [6.45, 7) is 7.97. The monoisotopic (exact) mass is 582 g/mol. The minimum Gasteiger partial charge on any atom is -0.300 e. The largest absolute Gasteiger partial charge is 0.300 e. The summed E-state index contributed by atoms with van der Waals surface area (Å²) in [4.78, 5) is 5.52. The zero-order valence-electron chi connectivity index (χ0n) is 22.6. The molecule has 4 saturated carbocycles. The summed E-state index contributed by atoms with van der Waals surface area (Å²) in [6, 6.07) is 14.4. The highest BCUT2D eigenvalue weighted by molar-refractivity contribution is 6.35. The van der Waals surface area contributed by atoms with Crippen LogP contribution in [-0.2, 0) is 6.42 Å². The molecule has 0 atom stereocenters. The van der Waals surface area contributed by atoms with Crippen molar-refractivity contribution < 1.29 is 0 Å². The Bertz CT molecular complexity index is 1310. The highest BCUT2D eigenvalue weighted by Gasteiger charge is 2.50. The van der Waals surface area contributed by atoms with Crippen LogP contribution in [-0.4, -0.2) is 58.3 Å². The Morgan fingerprint density at radius 1 is 0.795 bits per heavy atom. The van der Waals surface area contributed by atoms with Crippen LogP contribution in [0.5, 0.6) is 0 Å². The van der Waals surface area contributed by atoms with Crippen molar-refractivity contribution in [2.24, 2.45) is 23.7 Å². The van der Waals surface area contributed by atoms with Gasteiger partial charge in [-0.05, 0) is 98.6 Å². The van der Waals surface area contributed by atoms with Gasteiger partial charge in [0.15, 0.2) is 0 Å². The fraction of sp³-hybridized carbons (Fsp3) is 0.531. The first kappa shape index (κ1) is 26.3. The maximum absolute atomic E-state index is 6.65. The smallest absolute Gasteiger partial charge is 0.0840 e. The van der Waals surface area contributed by atoms with Gasteiger partial charge in [-0.1, -0.05) is 46.9 Å². The van der Waals surface area contributed by atoms with E-state index in [1.807, 2.05) is 28.9 Å². The van der Waals surface area contributed by atoms with Crippen molar-refractivity contribution in [3.8, 4) is 16.9 Å². The lowest BCUT2D eigenvalue weighted by Gasteiger charge is -2.58. The predicted molar refractivity (Wildman–Crippen MR) is 161 cm³/mol. The molecule has 0 N–H and O–H groups in total. The topological polar surface area (TPSA) is 24.3 Å². The zero-order valence-corrected chi connectivity index (χ0v) is 24.9. The van der Waals surface area contributed by atoms with E-state index in [9.17, 15) is 0 Å². The molecular formula is C32H37Cl3N4. The van der Waals surface area contributed by atoms with Crippen molar-refractivity contribution >= 4 is 34.8 Å². The van der Waals surface area contributed by atoms with Crippen molar-refractivity contribution in [3.05, 3.63) is 68.8 Å². The quantitative estimate of drug-likeness (QED) is 0.296. The van der Waals surface area contributed by atoms with E-state index in [0.29, 0.717) is 10.0 Å². The van der Waals surface area contributed by atoms with Crippen LogP contribution in [0.3, 0.4) is 0 Å². The summed E-state index contributed by atoms with van der Waals surface area (Å²) in [5, 5.41) is 7.04. The summed E-state index contributed by atoms with van der Waals surface area (Å²) in [6.07, 6.45) is 8.48. The molecule has 8 rings (SSSR count). The molecule has 3 aromatic rings. The predicted octanol–water partition coefficient (Wildman–Crippen LogP) is 7.79. The third kappa shape index (κ3) is 5.06. The number of benzene rings is 2. The maximum atomic E-state index is 6.65. The lowest BCUT2D eigenvalue weighted by molar-refractivity contribution is -0.0763. The first-order chi connectivity index (χ1) is 18.9. The Morgan fingerprint density at radius 3 is 2.08 bits per heavy atom. The third-order valence-corrected chi connectivity index (χ3v) is 10.9. The lowest BCUT2D eigenvalue weighted by atomic mass is 9.54. The molecule has 4 nitrogen and oxygen atoms in total. The highest BCUT2D eigenvalue weighted by atomic mass is 35.5. The summed E-state index contributed by atoms with van der Waals surface area (Å²) >= 11 is 19.1. The molecule has 5 fully saturated rings. The molecule has 0 unspecified atom stereocenters. The summed E-state index contributed by atoms with van der Waals surface area (Å²) in [5.74, 6) is 4.05. The second-order valence-electron chi connectivity index (χ2n) is 12.5. The molecule has 2 heterocycles. The second kappa shape index (κ2) is 10.7. The van der Waals surface area contributed by atoms with E-state index in [1.165, 1.54) is 50.8 Å². The van der Waals surface area contributed by atoms with E-state index in [-0.39, 0.29) is 0 Å². The minimum atomic E-state index is 0.590. The molecule has 5 aliphatic rings. The van der Waals surface area contributed by atoms with Gasteiger partial charge in [-0.3, -0.25) is 4.90 Å². The van der Waals surface area contributed by atoms with Gasteiger partial charge >= 0.3 is 0 Å². The van der Waals surface area contributed by atoms with Crippen molar-refractivity contribution in [3.63, 3.8) is 0 Å². The molecule has 4 aliphatic carbocycles. The number of rotatable bonds is 6. The summed E-state index contributed by atoms with van der Waals surface area (Å²) in [7, 11) is 0. The molecule has 0 radical (unpaired) electrons. The van der Waals surface area contributed by atoms with Crippen molar-refractivity contribution in [1.82, 2.24) is 19.6 Å². The number of halogens is 3. The fourth-order valence-corrected chi connectivity index (χ4v) is 9.21. The van der Waals surface area contributed by atoms with E-state index in [4.69, 9.17) is 39.9 Å². The molecule has 0 amide bonds. The van der Waals surface area contributed by atoms with Crippen LogP contribution in [0.4, 0.5) is 0 Å². The van der Waals surface area contributed by atoms with Gasteiger partial charge in [-0.25, -0.2) is 4.68 Å².